The summed E-state index contributed by atoms with van der Waals surface area (Å²) >= 11 is 0. The van der Waals surface area contributed by atoms with Crippen LogP contribution in [0.3, 0.4) is 0 Å². The summed E-state index contributed by atoms with van der Waals surface area (Å²) in [6.07, 6.45) is 0.466. The summed E-state index contributed by atoms with van der Waals surface area (Å²) < 4.78 is 9.79. The predicted octanol–water partition coefficient (Wildman–Crippen LogP) is 0.586. The van der Waals surface area contributed by atoms with E-state index in [1.807, 2.05) is 0 Å². The molecule has 0 unspecified atom stereocenters. The van der Waals surface area contributed by atoms with Crippen molar-refractivity contribution >= 4 is 5.97 Å². The first-order valence-electron chi connectivity index (χ1n) is 3.56. The zero-order valence-electron chi connectivity index (χ0n) is 6.13. The number of carbonyl (C=O) groups is 1. The molecule has 0 amide bonds. The smallest absolute Gasteiger partial charge is 0.305 e. The molecule has 3 nitrogen and oxygen atoms in total. The van der Waals surface area contributed by atoms with Crippen LogP contribution in [0.25, 0.3) is 0 Å². The van der Waals surface area contributed by atoms with Gasteiger partial charge in [0.2, 0.25) is 0 Å². The molecule has 1 aliphatic rings. The van der Waals surface area contributed by atoms with Crippen molar-refractivity contribution in [1.82, 2.24) is 0 Å². The van der Waals surface area contributed by atoms with Gasteiger partial charge in [0.15, 0.2) is 0 Å². The molecule has 0 aromatic carbocycles. The van der Waals surface area contributed by atoms with Gasteiger partial charge in [-0.25, -0.2) is 0 Å². The van der Waals surface area contributed by atoms with Gasteiger partial charge in [-0.3, -0.25) is 4.79 Å². The summed E-state index contributed by atoms with van der Waals surface area (Å²) in [6.45, 7) is 3.82. The van der Waals surface area contributed by atoms with Gasteiger partial charge in [0.1, 0.15) is 0 Å². The summed E-state index contributed by atoms with van der Waals surface area (Å²) in [5, 5.41) is 0. The van der Waals surface area contributed by atoms with Crippen molar-refractivity contribution in [3.63, 3.8) is 0 Å². The van der Waals surface area contributed by atoms with Crippen LogP contribution in [0.5, 0.6) is 0 Å². The lowest BCUT2D eigenvalue weighted by atomic mass is 10.1. The molecule has 1 aliphatic heterocycles. The van der Waals surface area contributed by atoms with Crippen LogP contribution in [-0.4, -0.2) is 25.8 Å². The van der Waals surface area contributed by atoms with Crippen LogP contribution >= 0.6 is 0 Å². The minimum absolute atomic E-state index is 0.119. The summed E-state index contributed by atoms with van der Waals surface area (Å²) in [5.41, 5.74) is 0. The second kappa shape index (κ2) is 3.56. The zero-order valence-corrected chi connectivity index (χ0v) is 6.13. The number of esters is 1. The molecule has 10 heavy (non-hydrogen) atoms. The molecule has 0 aromatic rings. The van der Waals surface area contributed by atoms with Crippen LogP contribution < -0.4 is 0 Å². The maximum atomic E-state index is 10.6. The molecule has 3 heteroatoms. The molecule has 0 aliphatic carbocycles. The first kappa shape index (κ1) is 7.54. The molecule has 0 spiro atoms. The first-order valence-corrected chi connectivity index (χ1v) is 3.56. The second-order valence-electron chi connectivity index (χ2n) is 2.44. The highest BCUT2D eigenvalue weighted by molar-refractivity contribution is 5.68. The van der Waals surface area contributed by atoms with E-state index in [0.717, 1.165) is 13.2 Å². The quantitative estimate of drug-likeness (QED) is 0.544. The molecule has 0 saturated carbocycles. The molecule has 0 N–H and O–H groups in total. The summed E-state index contributed by atoms with van der Waals surface area (Å²) in [5.74, 6) is 0.336. The van der Waals surface area contributed by atoms with Crippen molar-refractivity contribution < 1.29 is 14.3 Å². The molecule has 1 saturated heterocycles. The van der Waals surface area contributed by atoms with E-state index in [2.05, 4.69) is 0 Å². The van der Waals surface area contributed by atoms with Gasteiger partial charge in [-0.2, -0.15) is 0 Å². The minimum Gasteiger partial charge on any atom is -0.465 e. The number of rotatable bonds is 3. The highest BCUT2D eigenvalue weighted by Gasteiger charge is 2.19. The fourth-order valence-corrected chi connectivity index (χ4v) is 0.694. The number of carbonyl (C=O) groups excluding carboxylic acids is 1. The van der Waals surface area contributed by atoms with Crippen LogP contribution in [0.4, 0.5) is 0 Å². The van der Waals surface area contributed by atoms with Crippen LogP contribution in [-0.2, 0) is 14.3 Å². The Labute approximate surface area is 60.3 Å². The number of hydrogen-bond donors (Lipinski definition) is 0. The Balaban J connectivity index is 1.98. The van der Waals surface area contributed by atoms with E-state index < -0.39 is 0 Å². The average molecular weight is 144 g/mol. The fraction of sp³-hybridized carbons (Fsp3) is 0.857. The molecule has 0 radical (unpaired) electrons. The van der Waals surface area contributed by atoms with Gasteiger partial charge in [0.05, 0.1) is 19.8 Å². The third-order valence-corrected chi connectivity index (χ3v) is 1.48. The highest BCUT2D eigenvalue weighted by Crippen LogP contribution is 2.09. The van der Waals surface area contributed by atoms with Crippen molar-refractivity contribution in [2.45, 2.75) is 13.3 Å². The molecule has 0 bridgehead atoms. The molecule has 0 atom stereocenters. The van der Waals surface area contributed by atoms with Crippen LogP contribution in [0, 0.1) is 5.92 Å². The Morgan fingerprint density at radius 2 is 2.40 bits per heavy atom. The van der Waals surface area contributed by atoms with Crippen molar-refractivity contribution in [3.8, 4) is 0 Å². The van der Waals surface area contributed by atoms with Gasteiger partial charge in [-0.05, 0) is 0 Å². The van der Waals surface area contributed by atoms with E-state index in [9.17, 15) is 4.79 Å². The molecule has 58 valence electrons. The van der Waals surface area contributed by atoms with Gasteiger partial charge in [-0.1, -0.05) is 6.92 Å². The van der Waals surface area contributed by atoms with Gasteiger partial charge >= 0.3 is 5.97 Å². The van der Waals surface area contributed by atoms with Gasteiger partial charge in [0, 0.05) is 12.3 Å². The molecule has 1 rings (SSSR count). The Hall–Kier alpha value is -0.570. The Kier molecular flexibility index (Phi) is 2.68. The third kappa shape index (κ3) is 1.99. The summed E-state index contributed by atoms with van der Waals surface area (Å²) in [4.78, 5) is 10.6. The van der Waals surface area contributed by atoms with Gasteiger partial charge < -0.3 is 9.47 Å². The van der Waals surface area contributed by atoms with E-state index in [0.29, 0.717) is 18.9 Å². The topological polar surface area (TPSA) is 35.5 Å². The Morgan fingerprint density at radius 3 is 2.80 bits per heavy atom. The molecular weight excluding hydrogens is 132 g/mol. The maximum Gasteiger partial charge on any atom is 0.305 e. The van der Waals surface area contributed by atoms with Crippen LogP contribution in [0.15, 0.2) is 0 Å². The number of ether oxygens (including phenoxy) is 2. The average Bonchev–Trinajstić information content (AvgIpc) is 1.84. The van der Waals surface area contributed by atoms with Crippen LogP contribution in [0.1, 0.15) is 13.3 Å². The van der Waals surface area contributed by atoms with E-state index in [1.54, 1.807) is 6.92 Å². The lowest BCUT2D eigenvalue weighted by Gasteiger charge is -2.24. The van der Waals surface area contributed by atoms with E-state index in [4.69, 9.17) is 9.47 Å². The van der Waals surface area contributed by atoms with E-state index in [-0.39, 0.29) is 5.97 Å². The zero-order chi connectivity index (χ0) is 7.40. The predicted molar refractivity (Wildman–Crippen MR) is 35.6 cm³/mol. The normalized spacial score (nSPS) is 18.1. The van der Waals surface area contributed by atoms with Crippen molar-refractivity contribution in [2.75, 3.05) is 19.8 Å². The maximum absolute atomic E-state index is 10.6. The Bertz CT molecular complexity index is 118. The van der Waals surface area contributed by atoms with E-state index >= 15 is 0 Å². The minimum atomic E-state index is -0.119. The lowest BCUT2D eigenvalue weighted by Crippen LogP contribution is -2.32. The molecule has 1 fully saturated rings. The lowest BCUT2D eigenvalue weighted by molar-refractivity contribution is -0.150. The SMILES string of the molecule is CCC(=O)OCC1COC1. The first-order chi connectivity index (χ1) is 4.83. The highest BCUT2D eigenvalue weighted by atomic mass is 16.5. The standard InChI is InChI=1S/C7H12O3/c1-2-7(8)10-5-6-3-9-4-6/h6H,2-5H2,1H3. The Morgan fingerprint density at radius 1 is 1.70 bits per heavy atom. The number of hydrogen-bond acceptors (Lipinski definition) is 3. The van der Waals surface area contributed by atoms with Crippen molar-refractivity contribution in [3.05, 3.63) is 0 Å². The molecule has 0 aromatic heterocycles. The summed E-state index contributed by atoms with van der Waals surface area (Å²) in [7, 11) is 0. The van der Waals surface area contributed by atoms with Crippen molar-refractivity contribution in [2.24, 2.45) is 5.92 Å². The third-order valence-electron chi connectivity index (χ3n) is 1.48. The van der Waals surface area contributed by atoms with Gasteiger partial charge in [0.25, 0.3) is 0 Å². The molecular formula is C7H12O3. The van der Waals surface area contributed by atoms with E-state index in [1.165, 1.54) is 0 Å². The van der Waals surface area contributed by atoms with Crippen LogP contribution in [0.2, 0.25) is 0 Å². The monoisotopic (exact) mass is 144 g/mol. The molecule has 1 heterocycles. The van der Waals surface area contributed by atoms with Gasteiger partial charge in [-0.15, -0.1) is 0 Å². The fourth-order valence-electron chi connectivity index (χ4n) is 0.694. The largest absolute Gasteiger partial charge is 0.465 e. The second-order valence-corrected chi connectivity index (χ2v) is 2.44. The summed E-state index contributed by atoms with van der Waals surface area (Å²) in [6, 6.07) is 0. The van der Waals surface area contributed by atoms with Crippen molar-refractivity contribution in [1.29, 1.82) is 0 Å².